The highest BCUT2D eigenvalue weighted by Crippen LogP contribution is 2.43. The minimum atomic E-state index is -0.836. The maximum Gasteiger partial charge on any atom is 0.298 e. The number of nitrogens with one attached hydrogen (secondary N) is 2. The van der Waals surface area contributed by atoms with Crippen molar-refractivity contribution in [1.82, 2.24) is 34.1 Å². The van der Waals surface area contributed by atoms with Crippen LogP contribution in [0.3, 0.4) is 0 Å². The van der Waals surface area contributed by atoms with E-state index in [1.165, 1.54) is 6.33 Å². The molecule has 0 atom stereocenters. The van der Waals surface area contributed by atoms with Gasteiger partial charge in [-0.05, 0) is 41.8 Å². The Bertz CT molecular complexity index is 2490. The third-order valence-electron chi connectivity index (χ3n) is 9.53. The van der Waals surface area contributed by atoms with Gasteiger partial charge in [-0.25, -0.2) is 4.98 Å². The summed E-state index contributed by atoms with van der Waals surface area (Å²) in [5, 5.41) is 3.62. The first-order valence-corrected chi connectivity index (χ1v) is 15.9. The van der Waals surface area contributed by atoms with Crippen LogP contribution in [0, 0.1) is 0 Å². The smallest absolute Gasteiger partial charge is 0.298 e. The van der Waals surface area contributed by atoms with Crippen LogP contribution in [0.15, 0.2) is 128 Å². The SMILES string of the molecule is O=C1C(c2c[nH]c3ccccc23)=C(n2ccc3ccccc32)C(=O)N1N1C(=O)C(c2c[nH]c3ccccc23)=C(n2cnc3ccccc32)C1=O. The number of benzene rings is 4. The fourth-order valence-corrected chi connectivity index (χ4v) is 7.28. The van der Waals surface area contributed by atoms with E-state index < -0.39 is 23.6 Å². The third kappa shape index (κ3) is 3.65. The van der Waals surface area contributed by atoms with Gasteiger partial charge in [0.15, 0.2) is 0 Å². The number of carbonyl (C=O) groups excluding carboxylic acids is 4. The molecule has 0 aliphatic carbocycles. The fourth-order valence-electron chi connectivity index (χ4n) is 7.28. The molecule has 4 aromatic heterocycles. The highest BCUT2D eigenvalue weighted by molar-refractivity contribution is 6.52. The van der Waals surface area contributed by atoms with Crippen LogP contribution < -0.4 is 0 Å². The van der Waals surface area contributed by atoms with Crippen molar-refractivity contribution >= 4 is 89.9 Å². The molecule has 2 aliphatic heterocycles. The van der Waals surface area contributed by atoms with Gasteiger partial charge in [-0.1, -0.05) is 66.7 Å². The average molecular weight is 654 g/mol. The fraction of sp³-hybridized carbons (Fsp3) is 0. The molecule has 11 heteroatoms. The van der Waals surface area contributed by atoms with Gasteiger partial charge in [-0.15, -0.1) is 0 Å². The van der Waals surface area contributed by atoms with E-state index in [-0.39, 0.29) is 22.5 Å². The average Bonchev–Trinajstić information content (AvgIpc) is 3.99. The number of hydrogen-bond donors (Lipinski definition) is 2. The molecule has 8 aromatic rings. The van der Waals surface area contributed by atoms with Gasteiger partial charge in [0, 0.05) is 51.5 Å². The summed E-state index contributed by atoms with van der Waals surface area (Å²) in [4.78, 5) is 70.1. The van der Waals surface area contributed by atoms with Gasteiger partial charge >= 0.3 is 0 Å². The molecule has 2 N–H and O–H groups in total. The summed E-state index contributed by atoms with van der Waals surface area (Å²) in [6.07, 6.45) is 6.53. The van der Waals surface area contributed by atoms with Crippen LogP contribution in [-0.4, -0.2) is 57.7 Å². The molecule has 0 saturated carbocycles. The van der Waals surface area contributed by atoms with Crippen molar-refractivity contribution in [3.63, 3.8) is 0 Å². The standard InChI is InChI=1S/C39H23N7O4/c47-36-32(25-19-40-27-12-4-2-10-23(25)27)34(43-18-17-22-9-1-7-15-30(22)43)38(49)45(36)46-37(48)33(26-20-41-28-13-5-3-11-24(26)28)35(39(46)50)44-21-42-29-14-6-8-16-31(29)44/h1-21,40-41H. The van der Waals surface area contributed by atoms with Gasteiger partial charge in [0.25, 0.3) is 23.6 Å². The van der Waals surface area contributed by atoms with Crippen molar-refractivity contribution in [2.75, 3.05) is 0 Å². The highest BCUT2D eigenvalue weighted by atomic mass is 16.2. The van der Waals surface area contributed by atoms with Crippen molar-refractivity contribution in [3.8, 4) is 0 Å². The minimum Gasteiger partial charge on any atom is -0.361 e. The van der Waals surface area contributed by atoms with Crippen LogP contribution in [-0.2, 0) is 19.2 Å². The van der Waals surface area contributed by atoms with E-state index in [1.54, 1.807) is 39.9 Å². The number of amides is 4. The third-order valence-corrected chi connectivity index (χ3v) is 9.53. The number of para-hydroxylation sites is 5. The number of nitrogens with zero attached hydrogens (tertiary/aromatic N) is 5. The van der Waals surface area contributed by atoms with Gasteiger partial charge in [-0.3, -0.25) is 23.7 Å². The molecule has 238 valence electrons. The topological polar surface area (TPSA) is 129 Å². The molecule has 0 fully saturated rings. The molecule has 10 rings (SSSR count). The molecular formula is C39H23N7O4. The van der Waals surface area contributed by atoms with Crippen LogP contribution in [0.1, 0.15) is 11.1 Å². The van der Waals surface area contributed by atoms with Crippen molar-refractivity contribution in [1.29, 1.82) is 0 Å². The quantitative estimate of drug-likeness (QED) is 0.219. The Morgan fingerprint density at radius 2 is 1.02 bits per heavy atom. The largest absolute Gasteiger partial charge is 0.361 e. The first kappa shape index (κ1) is 27.8. The Labute approximate surface area is 281 Å². The predicted molar refractivity (Wildman–Crippen MR) is 188 cm³/mol. The number of aromatic amines is 2. The summed E-state index contributed by atoms with van der Waals surface area (Å²) in [6, 6.07) is 31.4. The van der Waals surface area contributed by atoms with E-state index in [0.717, 1.165) is 16.4 Å². The maximum atomic E-state index is 14.8. The summed E-state index contributed by atoms with van der Waals surface area (Å²) in [7, 11) is 0. The van der Waals surface area contributed by atoms with Crippen LogP contribution in [0.25, 0.3) is 66.3 Å². The van der Waals surface area contributed by atoms with E-state index in [1.807, 2.05) is 91.0 Å². The maximum absolute atomic E-state index is 14.8. The van der Waals surface area contributed by atoms with Crippen molar-refractivity contribution < 1.29 is 19.2 Å². The highest BCUT2D eigenvalue weighted by Gasteiger charge is 2.53. The summed E-state index contributed by atoms with van der Waals surface area (Å²) in [5.74, 6) is -3.26. The number of carbonyl (C=O) groups is 4. The summed E-state index contributed by atoms with van der Waals surface area (Å²) >= 11 is 0. The van der Waals surface area contributed by atoms with Gasteiger partial charge in [-0.2, -0.15) is 10.0 Å². The number of imide groups is 2. The Morgan fingerprint density at radius 1 is 0.500 bits per heavy atom. The van der Waals surface area contributed by atoms with Crippen LogP contribution in [0.5, 0.6) is 0 Å². The number of imidazole rings is 1. The Kier molecular flexibility index (Phi) is 5.63. The molecular weight excluding hydrogens is 630 g/mol. The predicted octanol–water partition coefficient (Wildman–Crippen LogP) is 6.04. The summed E-state index contributed by atoms with van der Waals surface area (Å²) < 4.78 is 3.20. The zero-order valence-electron chi connectivity index (χ0n) is 26.0. The lowest BCUT2D eigenvalue weighted by Crippen LogP contribution is -2.51. The Balaban J connectivity index is 1.19. The summed E-state index contributed by atoms with van der Waals surface area (Å²) in [6.45, 7) is 0. The monoisotopic (exact) mass is 653 g/mol. The molecule has 4 amide bonds. The lowest BCUT2D eigenvalue weighted by atomic mass is 10.0. The molecule has 0 saturated heterocycles. The van der Waals surface area contributed by atoms with Crippen LogP contribution >= 0.6 is 0 Å². The zero-order valence-corrected chi connectivity index (χ0v) is 26.0. The number of hydrazine groups is 1. The number of fused-ring (bicyclic) bond motifs is 4. The molecule has 0 radical (unpaired) electrons. The van der Waals surface area contributed by atoms with E-state index in [2.05, 4.69) is 15.0 Å². The second kappa shape index (κ2) is 10.1. The van der Waals surface area contributed by atoms with Gasteiger partial charge in [0.05, 0.1) is 27.7 Å². The second-order valence-corrected chi connectivity index (χ2v) is 12.1. The van der Waals surface area contributed by atoms with Crippen LogP contribution in [0.2, 0.25) is 0 Å². The summed E-state index contributed by atoms with van der Waals surface area (Å²) in [5.41, 5.74) is 4.40. The molecule has 0 bridgehead atoms. The normalized spacial score (nSPS) is 15.5. The Hall–Kier alpha value is -7.27. The van der Waals surface area contributed by atoms with E-state index >= 15 is 0 Å². The molecule has 0 spiro atoms. The van der Waals surface area contributed by atoms with Crippen molar-refractivity contribution in [2.45, 2.75) is 0 Å². The molecule has 2 aliphatic rings. The minimum absolute atomic E-state index is 0.0247. The number of H-pyrrole nitrogens is 2. The molecule has 6 heterocycles. The van der Waals surface area contributed by atoms with Crippen molar-refractivity contribution in [3.05, 3.63) is 139 Å². The lowest BCUT2D eigenvalue weighted by molar-refractivity contribution is -0.168. The van der Waals surface area contributed by atoms with Crippen LogP contribution in [0.4, 0.5) is 0 Å². The molecule has 4 aromatic carbocycles. The number of rotatable bonds is 5. The van der Waals surface area contributed by atoms with Gasteiger partial charge < -0.3 is 14.5 Å². The molecule has 11 nitrogen and oxygen atoms in total. The number of aromatic nitrogens is 5. The first-order chi connectivity index (χ1) is 24.5. The van der Waals surface area contributed by atoms with Gasteiger partial charge in [0.1, 0.15) is 17.7 Å². The van der Waals surface area contributed by atoms with Crippen molar-refractivity contribution in [2.24, 2.45) is 0 Å². The van der Waals surface area contributed by atoms with E-state index in [9.17, 15) is 19.2 Å². The number of hydrogen-bond acceptors (Lipinski definition) is 5. The molecule has 50 heavy (non-hydrogen) atoms. The Morgan fingerprint density at radius 3 is 1.66 bits per heavy atom. The van der Waals surface area contributed by atoms with E-state index in [0.29, 0.717) is 48.5 Å². The molecule has 0 unspecified atom stereocenters. The second-order valence-electron chi connectivity index (χ2n) is 12.1. The lowest BCUT2D eigenvalue weighted by Gasteiger charge is -2.25. The van der Waals surface area contributed by atoms with Gasteiger partial charge in [0.2, 0.25) is 0 Å². The first-order valence-electron chi connectivity index (χ1n) is 15.9. The zero-order chi connectivity index (χ0) is 33.7. The van der Waals surface area contributed by atoms with E-state index in [4.69, 9.17) is 0 Å².